The van der Waals surface area contributed by atoms with Crippen molar-refractivity contribution < 1.29 is 0 Å². The van der Waals surface area contributed by atoms with Gasteiger partial charge in [0.2, 0.25) is 0 Å². The first-order chi connectivity index (χ1) is 6.20. The topological polar surface area (TPSA) is 65.7 Å². The molecule has 1 aromatic heterocycles. The first kappa shape index (κ1) is 7.86. The molecule has 0 radical (unpaired) electrons. The van der Waals surface area contributed by atoms with Gasteiger partial charge in [-0.25, -0.2) is 0 Å². The van der Waals surface area contributed by atoms with E-state index in [1.165, 1.54) is 0 Å². The molecule has 0 atom stereocenters. The Morgan fingerprint density at radius 3 is 2.77 bits per heavy atom. The summed E-state index contributed by atoms with van der Waals surface area (Å²) in [5, 5.41) is 8.60. The summed E-state index contributed by atoms with van der Waals surface area (Å²) in [6, 6.07) is 7.82. The number of nitrogen functional groups attached to an aromatic ring is 1. The van der Waals surface area contributed by atoms with Gasteiger partial charge in [0.1, 0.15) is 5.82 Å². The molecule has 13 heavy (non-hydrogen) atoms. The molecule has 0 aliphatic rings. The molecule has 2 aromatic rings. The van der Waals surface area contributed by atoms with Crippen LogP contribution in [-0.4, -0.2) is 10.7 Å². The summed E-state index contributed by atoms with van der Waals surface area (Å²) in [6.07, 6.45) is 0. The van der Waals surface area contributed by atoms with Crippen molar-refractivity contribution in [3.63, 3.8) is 0 Å². The van der Waals surface area contributed by atoms with E-state index in [1.807, 2.05) is 24.3 Å². The molecule has 0 aliphatic heterocycles. The van der Waals surface area contributed by atoms with Gasteiger partial charge in [0.15, 0.2) is 0 Å². The minimum Gasteiger partial charge on any atom is -0.385 e. The smallest absolute Gasteiger partial charge is 0.110 e. The van der Waals surface area contributed by atoms with Crippen molar-refractivity contribution >= 4 is 22.4 Å². The summed E-state index contributed by atoms with van der Waals surface area (Å²) in [5.41, 5.74) is 8.06. The Morgan fingerprint density at radius 1 is 1.38 bits per heavy atom. The number of anilines is 1. The summed E-state index contributed by atoms with van der Waals surface area (Å²) in [7, 11) is 0. The average Bonchev–Trinajstić information content (AvgIpc) is 2.39. The monoisotopic (exact) mass is 173 g/mol. The lowest BCUT2D eigenvalue weighted by molar-refractivity contribution is 1.43. The summed E-state index contributed by atoms with van der Waals surface area (Å²) in [6.45, 7) is 1.74. The van der Waals surface area contributed by atoms with Crippen LogP contribution in [0.5, 0.6) is 0 Å². The van der Waals surface area contributed by atoms with E-state index in [2.05, 4.69) is 4.98 Å². The number of rotatable bonds is 1. The third-order valence-electron chi connectivity index (χ3n) is 2.11. The normalized spacial score (nSPS) is 10.5. The lowest BCUT2D eigenvalue weighted by Gasteiger charge is -1.95. The minimum atomic E-state index is 0.495. The molecule has 0 amide bonds. The number of aromatic nitrogens is 1. The van der Waals surface area contributed by atoms with Gasteiger partial charge in [-0.3, -0.25) is 0 Å². The van der Waals surface area contributed by atoms with Gasteiger partial charge in [-0.2, -0.15) is 0 Å². The zero-order valence-corrected chi connectivity index (χ0v) is 7.39. The quantitative estimate of drug-likeness (QED) is 0.568. The standard InChI is InChI=1S/C10H11N3/c1-6(11)9-7-4-2-3-5-8(7)13-10(9)12/h2-5,11,13H,12H2,1H3. The predicted molar refractivity (Wildman–Crippen MR) is 55.2 cm³/mol. The summed E-state index contributed by atoms with van der Waals surface area (Å²) >= 11 is 0. The lowest BCUT2D eigenvalue weighted by Crippen LogP contribution is -1.96. The number of para-hydroxylation sites is 1. The van der Waals surface area contributed by atoms with Crippen molar-refractivity contribution in [2.24, 2.45) is 0 Å². The van der Waals surface area contributed by atoms with Crippen LogP contribution >= 0.6 is 0 Å². The van der Waals surface area contributed by atoms with Gasteiger partial charge >= 0.3 is 0 Å². The molecule has 3 nitrogen and oxygen atoms in total. The highest BCUT2D eigenvalue weighted by atomic mass is 14.9. The van der Waals surface area contributed by atoms with Crippen molar-refractivity contribution in [2.75, 3.05) is 5.73 Å². The highest BCUT2D eigenvalue weighted by Gasteiger charge is 2.09. The van der Waals surface area contributed by atoms with Crippen LogP contribution in [0, 0.1) is 5.41 Å². The number of benzene rings is 1. The largest absolute Gasteiger partial charge is 0.385 e. The SMILES string of the molecule is CC(=N)c1c(N)[nH]c2ccccc12. The molecule has 0 saturated carbocycles. The fourth-order valence-electron chi connectivity index (χ4n) is 1.57. The predicted octanol–water partition coefficient (Wildman–Crippen LogP) is 2.14. The molecule has 0 saturated heterocycles. The van der Waals surface area contributed by atoms with Gasteiger partial charge < -0.3 is 16.1 Å². The van der Waals surface area contributed by atoms with Gasteiger partial charge in [-0.1, -0.05) is 18.2 Å². The maximum absolute atomic E-state index is 7.57. The Hall–Kier alpha value is -1.77. The Balaban J connectivity index is 2.86. The third kappa shape index (κ3) is 1.09. The average molecular weight is 173 g/mol. The molecule has 0 fully saturated rings. The fourth-order valence-corrected chi connectivity index (χ4v) is 1.57. The highest BCUT2D eigenvalue weighted by molar-refractivity contribution is 6.12. The number of nitrogens with one attached hydrogen (secondary N) is 2. The van der Waals surface area contributed by atoms with Gasteiger partial charge in [0, 0.05) is 22.2 Å². The van der Waals surface area contributed by atoms with Crippen molar-refractivity contribution in [3.8, 4) is 0 Å². The second kappa shape index (κ2) is 2.62. The van der Waals surface area contributed by atoms with E-state index >= 15 is 0 Å². The van der Waals surface area contributed by atoms with E-state index in [0.29, 0.717) is 11.5 Å². The zero-order valence-electron chi connectivity index (χ0n) is 7.39. The van der Waals surface area contributed by atoms with E-state index in [9.17, 15) is 0 Å². The Kier molecular flexibility index (Phi) is 1.59. The van der Waals surface area contributed by atoms with E-state index in [0.717, 1.165) is 16.5 Å². The third-order valence-corrected chi connectivity index (χ3v) is 2.11. The Morgan fingerprint density at radius 2 is 2.08 bits per heavy atom. The molecular weight excluding hydrogens is 162 g/mol. The molecule has 66 valence electrons. The Labute approximate surface area is 76.1 Å². The molecule has 1 aromatic carbocycles. The number of aromatic amines is 1. The number of H-pyrrole nitrogens is 1. The molecule has 3 heteroatoms. The van der Waals surface area contributed by atoms with E-state index in [1.54, 1.807) is 6.92 Å². The van der Waals surface area contributed by atoms with E-state index < -0.39 is 0 Å². The van der Waals surface area contributed by atoms with Crippen LogP contribution in [0.2, 0.25) is 0 Å². The summed E-state index contributed by atoms with van der Waals surface area (Å²) in [4.78, 5) is 3.05. The van der Waals surface area contributed by atoms with Crippen LogP contribution in [-0.2, 0) is 0 Å². The highest BCUT2D eigenvalue weighted by Crippen LogP contribution is 2.23. The zero-order chi connectivity index (χ0) is 9.42. The van der Waals surface area contributed by atoms with E-state index in [4.69, 9.17) is 11.1 Å². The van der Waals surface area contributed by atoms with Gasteiger partial charge in [0.05, 0.1) is 0 Å². The molecule has 0 aliphatic carbocycles. The number of hydrogen-bond acceptors (Lipinski definition) is 2. The van der Waals surface area contributed by atoms with Crippen LogP contribution < -0.4 is 5.73 Å². The van der Waals surface area contributed by atoms with Crippen LogP contribution in [0.4, 0.5) is 5.82 Å². The Bertz CT molecular complexity index is 468. The second-order valence-corrected chi connectivity index (χ2v) is 3.08. The number of nitrogens with two attached hydrogens (primary N) is 1. The van der Waals surface area contributed by atoms with Crippen LogP contribution in [0.1, 0.15) is 12.5 Å². The summed E-state index contributed by atoms with van der Waals surface area (Å²) < 4.78 is 0. The second-order valence-electron chi connectivity index (χ2n) is 3.08. The van der Waals surface area contributed by atoms with Crippen LogP contribution in [0.3, 0.4) is 0 Å². The maximum Gasteiger partial charge on any atom is 0.110 e. The first-order valence-electron chi connectivity index (χ1n) is 4.12. The lowest BCUT2D eigenvalue weighted by atomic mass is 10.1. The van der Waals surface area contributed by atoms with Crippen LogP contribution in [0.25, 0.3) is 10.9 Å². The first-order valence-corrected chi connectivity index (χ1v) is 4.12. The summed E-state index contributed by atoms with van der Waals surface area (Å²) in [5.74, 6) is 0.578. The molecule has 2 rings (SSSR count). The number of fused-ring (bicyclic) bond motifs is 1. The molecule has 0 unspecified atom stereocenters. The number of hydrogen-bond donors (Lipinski definition) is 3. The van der Waals surface area contributed by atoms with E-state index in [-0.39, 0.29) is 0 Å². The van der Waals surface area contributed by atoms with Crippen molar-refractivity contribution in [2.45, 2.75) is 6.92 Å². The molecule has 4 N–H and O–H groups in total. The minimum absolute atomic E-state index is 0.495. The molecule has 0 spiro atoms. The molecular formula is C10H11N3. The van der Waals surface area contributed by atoms with Gasteiger partial charge in [-0.15, -0.1) is 0 Å². The van der Waals surface area contributed by atoms with Crippen LogP contribution in [0.15, 0.2) is 24.3 Å². The van der Waals surface area contributed by atoms with Gasteiger partial charge in [-0.05, 0) is 13.0 Å². The fraction of sp³-hybridized carbons (Fsp3) is 0.100. The van der Waals surface area contributed by atoms with Crippen molar-refractivity contribution in [1.82, 2.24) is 4.98 Å². The molecule has 0 bridgehead atoms. The maximum atomic E-state index is 7.57. The molecule has 1 heterocycles. The van der Waals surface area contributed by atoms with Crippen molar-refractivity contribution in [1.29, 1.82) is 5.41 Å². The van der Waals surface area contributed by atoms with Crippen molar-refractivity contribution in [3.05, 3.63) is 29.8 Å². The van der Waals surface area contributed by atoms with Gasteiger partial charge in [0.25, 0.3) is 0 Å².